The van der Waals surface area contributed by atoms with E-state index < -0.39 is 0 Å². The summed E-state index contributed by atoms with van der Waals surface area (Å²) in [4.78, 5) is 0. The van der Waals surface area contributed by atoms with Gasteiger partial charge in [0.05, 0.1) is 6.61 Å². The van der Waals surface area contributed by atoms with Gasteiger partial charge < -0.3 is 14.2 Å². The summed E-state index contributed by atoms with van der Waals surface area (Å²) in [5, 5.41) is 0. The van der Waals surface area contributed by atoms with Crippen molar-refractivity contribution < 1.29 is 14.2 Å². The number of aryl methyl sites for hydroxylation is 1. The van der Waals surface area contributed by atoms with Gasteiger partial charge >= 0.3 is 0 Å². The number of hydrogen-bond acceptors (Lipinski definition) is 3. The highest BCUT2D eigenvalue weighted by molar-refractivity contribution is 6.32. The predicted molar refractivity (Wildman–Crippen MR) is 130 cm³/mol. The maximum atomic E-state index is 6.59. The molecule has 0 aliphatic carbocycles. The van der Waals surface area contributed by atoms with Crippen molar-refractivity contribution >= 4 is 24.5 Å². The Hall–Kier alpha value is -2.98. The Morgan fingerprint density at radius 1 is 0.938 bits per heavy atom. The van der Waals surface area contributed by atoms with Crippen molar-refractivity contribution in [1.29, 1.82) is 0 Å². The molecule has 1 fully saturated rings. The van der Waals surface area contributed by atoms with Crippen molar-refractivity contribution in [3.05, 3.63) is 89.0 Å². The zero-order valence-electron chi connectivity index (χ0n) is 18.6. The first kappa shape index (κ1) is 20.9. The number of benzene rings is 3. The van der Waals surface area contributed by atoms with Gasteiger partial charge in [0.25, 0.3) is 0 Å². The van der Waals surface area contributed by atoms with E-state index in [0.717, 1.165) is 70.7 Å². The van der Waals surface area contributed by atoms with Gasteiger partial charge in [0, 0.05) is 17.6 Å². The molecule has 2 aliphatic rings. The molecule has 0 aromatic heterocycles. The van der Waals surface area contributed by atoms with Crippen molar-refractivity contribution in [2.24, 2.45) is 0 Å². The highest BCUT2D eigenvalue weighted by atomic mass is 16.7. The molecule has 4 heteroatoms. The molecule has 0 spiro atoms. The van der Waals surface area contributed by atoms with E-state index in [1.54, 1.807) is 0 Å². The zero-order chi connectivity index (χ0) is 22.1. The average Bonchev–Trinajstić information content (AvgIpc) is 2.80. The highest BCUT2D eigenvalue weighted by Crippen LogP contribution is 2.47. The fourth-order valence-corrected chi connectivity index (χ4v) is 4.51. The van der Waals surface area contributed by atoms with Crippen LogP contribution in [-0.4, -0.2) is 20.7 Å². The molecule has 2 atom stereocenters. The van der Waals surface area contributed by atoms with Crippen LogP contribution in [0.1, 0.15) is 54.5 Å². The van der Waals surface area contributed by atoms with Gasteiger partial charge in [-0.15, -0.1) is 0 Å². The van der Waals surface area contributed by atoms with Crippen molar-refractivity contribution in [2.75, 3.05) is 6.61 Å². The average molecular weight is 422 g/mol. The monoisotopic (exact) mass is 422 g/mol. The van der Waals surface area contributed by atoms with Crippen LogP contribution >= 0.6 is 0 Å². The first-order valence-electron chi connectivity index (χ1n) is 11.3. The molecule has 0 bridgehead atoms. The Morgan fingerprint density at radius 2 is 1.78 bits per heavy atom. The summed E-state index contributed by atoms with van der Waals surface area (Å²) in [5.74, 6) is 1.66. The Morgan fingerprint density at radius 3 is 2.53 bits per heavy atom. The van der Waals surface area contributed by atoms with Crippen molar-refractivity contribution in [3.63, 3.8) is 0 Å². The molecule has 0 saturated carbocycles. The van der Waals surface area contributed by atoms with Gasteiger partial charge in [-0.3, -0.25) is 0 Å². The third-order valence-corrected chi connectivity index (χ3v) is 6.25. The van der Waals surface area contributed by atoms with Gasteiger partial charge in [-0.25, -0.2) is 0 Å². The third-order valence-electron chi connectivity index (χ3n) is 6.25. The molecule has 2 heterocycles. The smallest absolute Gasteiger partial charge is 0.199 e. The van der Waals surface area contributed by atoms with E-state index in [1.165, 1.54) is 5.56 Å². The molecule has 2 aliphatic heterocycles. The second kappa shape index (κ2) is 8.87. The lowest BCUT2D eigenvalue weighted by Crippen LogP contribution is -2.25. The molecule has 1 saturated heterocycles. The van der Waals surface area contributed by atoms with Crippen LogP contribution in [0.2, 0.25) is 0 Å². The number of rotatable bonds is 4. The summed E-state index contributed by atoms with van der Waals surface area (Å²) in [6, 6.07) is 22.6. The number of hydrogen-bond donors (Lipinski definition) is 0. The minimum absolute atomic E-state index is 0.177. The number of ether oxygens (including phenoxy) is 3. The van der Waals surface area contributed by atoms with E-state index in [1.807, 2.05) is 30.3 Å². The number of fused-ring (bicyclic) bond motifs is 1. The van der Waals surface area contributed by atoms with Crippen molar-refractivity contribution in [2.45, 2.75) is 45.5 Å². The van der Waals surface area contributed by atoms with E-state index in [-0.39, 0.29) is 12.4 Å². The summed E-state index contributed by atoms with van der Waals surface area (Å²) in [6.07, 6.45) is 2.77. The minimum Gasteiger partial charge on any atom is -0.480 e. The molecular formula is C28H27BO3. The molecule has 32 heavy (non-hydrogen) atoms. The van der Waals surface area contributed by atoms with Gasteiger partial charge in [-0.05, 0) is 61.6 Å². The van der Waals surface area contributed by atoms with Gasteiger partial charge in [-0.2, -0.15) is 0 Å². The van der Waals surface area contributed by atoms with Gasteiger partial charge in [0.1, 0.15) is 25.4 Å². The molecule has 0 N–H and O–H groups in total. The standard InChI is InChI=1S/C28H27BO3/c1-18-9-11-20(12-10-18)28-27(21-6-5-7-22(29)16-21)19(2)24-17-23(13-14-25(24)32-28)31-26-8-3-4-15-30-26/h5-7,9-14,16-17,26,28H,3-4,8,15H2,1-2H3. The molecule has 3 aromatic rings. The Bertz CT molecular complexity index is 1140. The Labute approximate surface area is 191 Å². The molecular weight excluding hydrogens is 395 g/mol. The maximum Gasteiger partial charge on any atom is 0.199 e. The largest absolute Gasteiger partial charge is 0.480 e. The van der Waals surface area contributed by atoms with Gasteiger partial charge in [0.2, 0.25) is 0 Å². The van der Waals surface area contributed by atoms with Crippen LogP contribution in [0.5, 0.6) is 11.5 Å². The van der Waals surface area contributed by atoms with Crippen LogP contribution in [-0.2, 0) is 4.74 Å². The summed E-state index contributed by atoms with van der Waals surface area (Å²) in [6.45, 7) is 5.01. The SMILES string of the molecule is [B]c1cccc(C2=C(C)c3cc(OC4CCCCO4)ccc3OC2c2ccc(C)cc2)c1. The lowest BCUT2D eigenvalue weighted by atomic mass is 9.83. The summed E-state index contributed by atoms with van der Waals surface area (Å²) >= 11 is 0. The maximum absolute atomic E-state index is 6.59. The summed E-state index contributed by atoms with van der Waals surface area (Å²) in [5.41, 5.74) is 7.48. The molecule has 3 aromatic carbocycles. The van der Waals surface area contributed by atoms with E-state index in [2.05, 4.69) is 50.2 Å². The highest BCUT2D eigenvalue weighted by Gasteiger charge is 2.30. The Kier molecular flexibility index (Phi) is 5.80. The van der Waals surface area contributed by atoms with E-state index in [0.29, 0.717) is 0 Å². The van der Waals surface area contributed by atoms with E-state index >= 15 is 0 Å². The predicted octanol–water partition coefficient (Wildman–Crippen LogP) is 5.76. The fraction of sp³-hybridized carbons (Fsp3) is 0.286. The van der Waals surface area contributed by atoms with Gasteiger partial charge in [0.15, 0.2) is 6.29 Å². The Balaban J connectivity index is 1.58. The van der Waals surface area contributed by atoms with E-state index in [4.69, 9.17) is 22.1 Å². The van der Waals surface area contributed by atoms with Crippen molar-refractivity contribution in [3.8, 4) is 11.5 Å². The van der Waals surface area contributed by atoms with E-state index in [9.17, 15) is 0 Å². The van der Waals surface area contributed by atoms with Crippen LogP contribution < -0.4 is 14.9 Å². The lowest BCUT2D eigenvalue weighted by molar-refractivity contribution is -0.105. The molecule has 160 valence electrons. The third kappa shape index (κ3) is 4.20. The van der Waals surface area contributed by atoms with Crippen LogP contribution in [0, 0.1) is 6.92 Å². The van der Waals surface area contributed by atoms with Crippen molar-refractivity contribution in [1.82, 2.24) is 0 Å². The molecule has 3 nitrogen and oxygen atoms in total. The quantitative estimate of drug-likeness (QED) is 0.501. The van der Waals surface area contributed by atoms with Crippen LogP contribution in [0.3, 0.4) is 0 Å². The molecule has 5 rings (SSSR count). The molecule has 0 amide bonds. The first-order valence-corrected chi connectivity index (χ1v) is 11.3. The van der Waals surface area contributed by atoms with Crippen LogP contribution in [0.25, 0.3) is 11.1 Å². The van der Waals surface area contributed by atoms with Crippen LogP contribution in [0.15, 0.2) is 66.7 Å². The zero-order valence-corrected chi connectivity index (χ0v) is 18.6. The fourth-order valence-electron chi connectivity index (χ4n) is 4.51. The first-order chi connectivity index (χ1) is 15.6. The number of allylic oxidation sites excluding steroid dienone is 1. The summed E-state index contributed by atoms with van der Waals surface area (Å²) in [7, 11) is 6.14. The normalized spacial score (nSPS) is 20.4. The van der Waals surface area contributed by atoms with Gasteiger partial charge in [-0.1, -0.05) is 59.6 Å². The second-order valence-electron chi connectivity index (χ2n) is 8.64. The topological polar surface area (TPSA) is 27.7 Å². The molecule has 2 unspecified atom stereocenters. The van der Waals surface area contributed by atoms with Crippen LogP contribution in [0.4, 0.5) is 0 Å². The summed E-state index contributed by atoms with van der Waals surface area (Å²) < 4.78 is 18.5. The molecule has 2 radical (unpaired) electrons. The minimum atomic E-state index is -0.210. The lowest BCUT2D eigenvalue weighted by Gasteiger charge is -2.32. The second-order valence-corrected chi connectivity index (χ2v) is 8.64.